The lowest BCUT2D eigenvalue weighted by atomic mass is 10.0. The Morgan fingerprint density at radius 3 is 2.79 bits per heavy atom. The first kappa shape index (κ1) is 24.4. The van der Waals surface area contributed by atoms with Gasteiger partial charge in [0, 0.05) is 30.1 Å². The molecule has 1 aliphatic heterocycles. The van der Waals surface area contributed by atoms with Crippen molar-refractivity contribution < 1.29 is 31.5 Å². The molecule has 0 unspecified atom stereocenters. The van der Waals surface area contributed by atoms with E-state index < -0.39 is 42.9 Å². The van der Waals surface area contributed by atoms with Crippen molar-refractivity contribution in [1.29, 1.82) is 0 Å². The van der Waals surface area contributed by atoms with Crippen LogP contribution in [0.15, 0.2) is 41.5 Å². The number of benzene rings is 1. The Bertz CT molecular complexity index is 1040. The molecule has 1 aromatic carbocycles. The molecule has 0 spiro atoms. The number of ether oxygens (including phenoxy) is 1. The van der Waals surface area contributed by atoms with E-state index in [0.29, 0.717) is 6.54 Å². The monoisotopic (exact) mass is 471 g/mol. The fourth-order valence-electron chi connectivity index (χ4n) is 3.39. The summed E-state index contributed by atoms with van der Waals surface area (Å²) in [6.45, 7) is -0.687. The van der Waals surface area contributed by atoms with E-state index in [0.717, 1.165) is 6.20 Å². The molecule has 2 aromatic rings. The van der Waals surface area contributed by atoms with Crippen LogP contribution in [0.3, 0.4) is 0 Å². The first-order valence-electron chi connectivity index (χ1n) is 9.93. The molecular formula is C21H22F5N5O2. The zero-order chi connectivity index (χ0) is 24.2. The number of nitrogens with zero attached hydrogens (tertiary/aromatic N) is 2. The third-order valence-corrected chi connectivity index (χ3v) is 5.06. The fourth-order valence-corrected chi connectivity index (χ4v) is 3.39. The second-order valence-electron chi connectivity index (χ2n) is 7.37. The Hall–Kier alpha value is -3.28. The number of aromatic nitrogens is 1. The van der Waals surface area contributed by atoms with E-state index in [9.17, 15) is 26.7 Å². The number of nitrogen functional groups attached to an aromatic ring is 1. The Morgan fingerprint density at radius 1 is 1.36 bits per heavy atom. The van der Waals surface area contributed by atoms with Gasteiger partial charge in [-0.15, -0.1) is 0 Å². The minimum atomic E-state index is -4.65. The SMILES string of the molecule is CN=C(C(=O)N[C@@H]1CCNCC1(F)F)c1cc(OCc2cccnc2C(F)(F)F)ccc1N. The Labute approximate surface area is 186 Å². The van der Waals surface area contributed by atoms with Crippen molar-refractivity contribution in [3.05, 3.63) is 53.3 Å². The number of alkyl halides is 5. The Balaban J connectivity index is 1.78. The first-order valence-corrected chi connectivity index (χ1v) is 9.93. The number of carbonyl (C=O) groups is 1. The molecule has 4 N–H and O–H groups in total. The number of anilines is 1. The third-order valence-electron chi connectivity index (χ3n) is 5.06. The standard InChI is InChI=1S/C21H22F5N5O2/c1-28-17(19(32)31-16-6-8-29-11-20(16,22)23)14-9-13(4-5-15(14)27)33-10-12-3-2-7-30-18(12)21(24,25)26/h2-5,7,9,16,29H,6,8,10-11,27H2,1H3,(H,31,32)/t16-/m1/s1. The summed E-state index contributed by atoms with van der Waals surface area (Å²) in [4.78, 5) is 20.0. The topological polar surface area (TPSA) is 102 Å². The second kappa shape index (κ2) is 9.69. The molecular weight excluding hydrogens is 449 g/mol. The first-order chi connectivity index (χ1) is 15.5. The van der Waals surface area contributed by atoms with Crippen molar-refractivity contribution in [2.45, 2.75) is 31.2 Å². The lowest BCUT2D eigenvalue weighted by Gasteiger charge is -2.32. The summed E-state index contributed by atoms with van der Waals surface area (Å²) >= 11 is 0. The van der Waals surface area contributed by atoms with E-state index in [1.54, 1.807) is 0 Å². The van der Waals surface area contributed by atoms with Crippen LogP contribution in [-0.4, -0.2) is 48.7 Å². The van der Waals surface area contributed by atoms with Crippen LogP contribution in [-0.2, 0) is 17.6 Å². The summed E-state index contributed by atoms with van der Waals surface area (Å²) in [6, 6.07) is 5.33. The number of nitrogens with one attached hydrogen (secondary N) is 2. The van der Waals surface area contributed by atoms with Gasteiger partial charge in [0.2, 0.25) is 0 Å². The Kier molecular flexibility index (Phi) is 7.15. The van der Waals surface area contributed by atoms with E-state index in [1.165, 1.54) is 37.4 Å². The molecule has 178 valence electrons. The molecule has 0 radical (unpaired) electrons. The maximum Gasteiger partial charge on any atom is 0.433 e. The molecule has 1 fully saturated rings. The molecule has 0 bridgehead atoms. The van der Waals surface area contributed by atoms with Gasteiger partial charge in [0.1, 0.15) is 18.1 Å². The number of piperidine rings is 1. The summed E-state index contributed by atoms with van der Waals surface area (Å²) in [5.74, 6) is -3.87. The molecule has 12 heteroatoms. The molecule has 1 aromatic heterocycles. The fraction of sp³-hybridized carbons (Fsp3) is 0.381. The molecule has 33 heavy (non-hydrogen) atoms. The van der Waals surface area contributed by atoms with Gasteiger partial charge in [-0.05, 0) is 37.2 Å². The number of hydrogen-bond donors (Lipinski definition) is 3. The molecule has 3 rings (SSSR count). The van der Waals surface area contributed by atoms with Crippen LogP contribution in [0.25, 0.3) is 0 Å². The number of nitrogens with two attached hydrogens (primary N) is 1. The number of carbonyl (C=O) groups excluding carboxylic acids is 1. The van der Waals surface area contributed by atoms with Crippen molar-refractivity contribution in [2.24, 2.45) is 4.99 Å². The number of halogens is 5. The quantitative estimate of drug-likeness (QED) is 0.342. The van der Waals surface area contributed by atoms with Crippen molar-refractivity contribution in [2.75, 3.05) is 25.9 Å². The van der Waals surface area contributed by atoms with E-state index in [2.05, 4.69) is 20.6 Å². The van der Waals surface area contributed by atoms with Crippen LogP contribution in [0.2, 0.25) is 0 Å². The number of rotatable bonds is 6. The zero-order valence-corrected chi connectivity index (χ0v) is 17.5. The zero-order valence-electron chi connectivity index (χ0n) is 17.5. The molecule has 0 aliphatic carbocycles. The minimum Gasteiger partial charge on any atom is -0.489 e. The molecule has 2 heterocycles. The average molecular weight is 471 g/mol. The lowest BCUT2D eigenvalue weighted by molar-refractivity contribution is -0.142. The van der Waals surface area contributed by atoms with Gasteiger partial charge in [-0.25, -0.2) is 8.78 Å². The van der Waals surface area contributed by atoms with Crippen molar-refractivity contribution >= 4 is 17.3 Å². The molecule has 7 nitrogen and oxygen atoms in total. The van der Waals surface area contributed by atoms with Crippen LogP contribution in [0, 0.1) is 0 Å². The van der Waals surface area contributed by atoms with Gasteiger partial charge in [-0.1, -0.05) is 6.07 Å². The van der Waals surface area contributed by atoms with Crippen LogP contribution >= 0.6 is 0 Å². The van der Waals surface area contributed by atoms with Crippen molar-refractivity contribution in [3.63, 3.8) is 0 Å². The summed E-state index contributed by atoms with van der Waals surface area (Å²) in [7, 11) is 1.30. The van der Waals surface area contributed by atoms with E-state index in [-0.39, 0.29) is 34.7 Å². The highest BCUT2D eigenvalue weighted by atomic mass is 19.4. The number of pyridine rings is 1. The van der Waals surface area contributed by atoms with Crippen molar-refractivity contribution in [1.82, 2.24) is 15.6 Å². The number of aliphatic imine (C=N–C) groups is 1. The highest BCUT2D eigenvalue weighted by molar-refractivity contribution is 6.46. The lowest BCUT2D eigenvalue weighted by Crippen LogP contribution is -2.58. The third kappa shape index (κ3) is 5.75. The normalized spacial score (nSPS) is 18.6. The smallest absolute Gasteiger partial charge is 0.433 e. The number of hydrogen-bond acceptors (Lipinski definition) is 6. The molecule has 0 saturated carbocycles. The maximum atomic E-state index is 14.1. The molecule has 1 atom stereocenters. The predicted molar refractivity (Wildman–Crippen MR) is 111 cm³/mol. The van der Waals surface area contributed by atoms with E-state index in [4.69, 9.17) is 10.5 Å². The maximum absolute atomic E-state index is 14.1. The molecule has 1 saturated heterocycles. The van der Waals surface area contributed by atoms with Gasteiger partial charge >= 0.3 is 6.18 Å². The molecule has 1 amide bonds. The van der Waals surface area contributed by atoms with Gasteiger partial charge in [-0.2, -0.15) is 13.2 Å². The minimum absolute atomic E-state index is 0.0288. The second-order valence-corrected chi connectivity index (χ2v) is 7.37. The van der Waals surface area contributed by atoms with Gasteiger partial charge in [-0.3, -0.25) is 14.8 Å². The largest absolute Gasteiger partial charge is 0.489 e. The van der Waals surface area contributed by atoms with Gasteiger partial charge in [0.15, 0.2) is 5.69 Å². The summed E-state index contributed by atoms with van der Waals surface area (Å²) in [5.41, 5.74) is 4.71. The van der Waals surface area contributed by atoms with Gasteiger partial charge < -0.3 is 21.1 Å². The van der Waals surface area contributed by atoms with Gasteiger partial charge in [0.05, 0.1) is 12.6 Å². The Morgan fingerprint density at radius 2 is 2.12 bits per heavy atom. The summed E-state index contributed by atoms with van der Waals surface area (Å²) in [5, 5.41) is 4.87. The summed E-state index contributed by atoms with van der Waals surface area (Å²) in [6.07, 6.45) is -3.59. The highest BCUT2D eigenvalue weighted by Gasteiger charge is 2.43. The van der Waals surface area contributed by atoms with Crippen LogP contribution in [0.5, 0.6) is 5.75 Å². The van der Waals surface area contributed by atoms with E-state index in [1.807, 2.05) is 0 Å². The van der Waals surface area contributed by atoms with Crippen LogP contribution < -0.4 is 21.1 Å². The average Bonchev–Trinajstić information content (AvgIpc) is 2.75. The highest BCUT2D eigenvalue weighted by Crippen LogP contribution is 2.31. The number of amides is 1. The van der Waals surface area contributed by atoms with Crippen LogP contribution in [0.4, 0.5) is 27.6 Å². The van der Waals surface area contributed by atoms with Crippen molar-refractivity contribution in [3.8, 4) is 5.75 Å². The van der Waals surface area contributed by atoms with Gasteiger partial charge in [0.25, 0.3) is 11.8 Å². The van der Waals surface area contributed by atoms with E-state index >= 15 is 0 Å². The predicted octanol–water partition coefficient (Wildman–Crippen LogP) is 2.79. The van der Waals surface area contributed by atoms with Crippen LogP contribution in [0.1, 0.15) is 23.2 Å². The molecule has 1 aliphatic rings. The summed E-state index contributed by atoms with van der Waals surface area (Å²) < 4.78 is 73.0.